The second-order valence-electron chi connectivity index (χ2n) is 6.95. The van der Waals surface area contributed by atoms with Gasteiger partial charge in [-0.05, 0) is 67.2 Å². The molecule has 2 aromatic rings. The zero-order chi connectivity index (χ0) is 13.6. The lowest BCUT2D eigenvalue weighted by Gasteiger charge is -2.47. The van der Waals surface area contributed by atoms with Crippen LogP contribution < -0.4 is 0 Å². The monoisotopic (exact) mass is 266 g/mol. The molecule has 0 spiro atoms. The molecule has 1 N–H and O–H groups in total. The van der Waals surface area contributed by atoms with Crippen molar-refractivity contribution in [3.05, 3.63) is 42.0 Å². The Bertz CT molecular complexity index is 621. The minimum atomic E-state index is 0.481. The van der Waals surface area contributed by atoms with Crippen molar-refractivity contribution in [2.75, 3.05) is 0 Å². The van der Waals surface area contributed by atoms with Gasteiger partial charge in [0.2, 0.25) is 0 Å². The predicted octanol–water partition coefficient (Wildman–Crippen LogP) is 5.06. The molecule has 3 saturated carbocycles. The molecular formula is C19H22O. The highest BCUT2D eigenvalue weighted by molar-refractivity contribution is 5.89. The van der Waals surface area contributed by atoms with Crippen LogP contribution in [-0.2, 0) is 6.42 Å². The zero-order valence-corrected chi connectivity index (χ0v) is 11.9. The molecule has 3 fully saturated rings. The van der Waals surface area contributed by atoms with Crippen molar-refractivity contribution in [3.8, 4) is 5.75 Å². The lowest BCUT2D eigenvalue weighted by atomic mass is 9.58. The molecular weight excluding hydrogens is 244 g/mol. The number of hydrogen-bond acceptors (Lipinski definition) is 1. The van der Waals surface area contributed by atoms with Gasteiger partial charge >= 0.3 is 0 Å². The smallest absolute Gasteiger partial charge is 0.126 e. The lowest BCUT2D eigenvalue weighted by Crippen LogP contribution is -2.35. The van der Waals surface area contributed by atoms with Gasteiger partial charge in [-0.3, -0.25) is 0 Å². The number of fused-ring (bicyclic) bond motifs is 4. The fourth-order valence-corrected chi connectivity index (χ4v) is 4.45. The molecule has 2 bridgehead atoms. The molecule has 0 saturated heterocycles. The van der Waals surface area contributed by atoms with Gasteiger partial charge in [0, 0.05) is 5.39 Å². The van der Waals surface area contributed by atoms with Crippen molar-refractivity contribution in [3.63, 3.8) is 0 Å². The van der Waals surface area contributed by atoms with E-state index >= 15 is 0 Å². The highest BCUT2D eigenvalue weighted by Crippen LogP contribution is 2.52. The van der Waals surface area contributed by atoms with Gasteiger partial charge < -0.3 is 5.11 Å². The summed E-state index contributed by atoms with van der Waals surface area (Å²) in [6.07, 6.45) is 9.39. The van der Waals surface area contributed by atoms with Crippen LogP contribution in [0.2, 0.25) is 0 Å². The van der Waals surface area contributed by atoms with E-state index in [9.17, 15) is 5.11 Å². The van der Waals surface area contributed by atoms with E-state index in [2.05, 4.69) is 18.2 Å². The maximum atomic E-state index is 10.6. The van der Waals surface area contributed by atoms with Crippen molar-refractivity contribution in [1.82, 2.24) is 0 Å². The van der Waals surface area contributed by atoms with Crippen LogP contribution >= 0.6 is 0 Å². The van der Waals surface area contributed by atoms with Crippen molar-refractivity contribution < 1.29 is 5.11 Å². The Labute approximate surface area is 120 Å². The molecule has 0 aliphatic heterocycles. The van der Waals surface area contributed by atoms with E-state index in [-0.39, 0.29) is 0 Å². The molecule has 0 unspecified atom stereocenters. The highest BCUT2D eigenvalue weighted by Gasteiger charge is 2.40. The van der Waals surface area contributed by atoms with Gasteiger partial charge in [-0.1, -0.05) is 36.4 Å². The third-order valence-electron chi connectivity index (χ3n) is 5.80. The normalized spacial score (nSPS) is 28.9. The van der Waals surface area contributed by atoms with Crippen LogP contribution in [0.25, 0.3) is 10.8 Å². The van der Waals surface area contributed by atoms with Gasteiger partial charge in [-0.2, -0.15) is 0 Å². The largest absolute Gasteiger partial charge is 0.507 e. The minimum Gasteiger partial charge on any atom is -0.507 e. The van der Waals surface area contributed by atoms with E-state index in [0.717, 1.165) is 28.7 Å². The Morgan fingerprint density at radius 1 is 0.950 bits per heavy atom. The Kier molecular flexibility index (Phi) is 2.76. The van der Waals surface area contributed by atoms with Gasteiger partial charge in [0.05, 0.1) is 0 Å². The van der Waals surface area contributed by atoms with E-state index in [1.54, 1.807) is 0 Å². The van der Waals surface area contributed by atoms with E-state index in [0.29, 0.717) is 11.2 Å². The molecule has 2 aromatic carbocycles. The summed E-state index contributed by atoms with van der Waals surface area (Å²) in [5.41, 5.74) is 1.64. The molecule has 104 valence electrons. The summed E-state index contributed by atoms with van der Waals surface area (Å²) in [5, 5.41) is 12.7. The molecule has 20 heavy (non-hydrogen) atoms. The minimum absolute atomic E-state index is 0.481. The maximum Gasteiger partial charge on any atom is 0.126 e. The van der Waals surface area contributed by atoms with Crippen LogP contribution in [0, 0.1) is 11.3 Å². The van der Waals surface area contributed by atoms with Crippen molar-refractivity contribution in [1.29, 1.82) is 0 Å². The van der Waals surface area contributed by atoms with Gasteiger partial charge in [0.25, 0.3) is 0 Å². The number of phenols is 1. The van der Waals surface area contributed by atoms with Gasteiger partial charge in [-0.15, -0.1) is 0 Å². The SMILES string of the molecule is Oc1c(CC23CCC(CC2)CC3)ccc2ccccc12. The molecule has 3 aliphatic rings. The van der Waals surface area contributed by atoms with Gasteiger partial charge in [0.15, 0.2) is 0 Å². The maximum absolute atomic E-state index is 10.6. The lowest BCUT2D eigenvalue weighted by molar-refractivity contribution is 0.0648. The van der Waals surface area contributed by atoms with E-state index in [1.165, 1.54) is 38.5 Å². The van der Waals surface area contributed by atoms with Crippen molar-refractivity contribution in [2.24, 2.45) is 11.3 Å². The van der Waals surface area contributed by atoms with Crippen LogP contribution in [-0.4, -0.2) is 5.11 Å². The number of phenolic OH excluding ortho intramolecular Hbond substituents is 1. The zero-order valence-electron chi connectivity index (χ0n) is 11.9. The van der Waals surface area contributed by atoms with Crippen molar-refractivity contribution in [2.45, 2.75) is 44.9 Å². The summed E-state index contributed by atoms with van der Waals surface area (Å²) in [6.45, 7) is 0. The van der Waals surface area contributed by atoms with Gasteiger partial charge in [-0.25, -0.2) is 0 Å². The summed E-state index contributed by atoms with van der Waals surface area (Å²) in [4.78, 5) is 0. The van der Waals surface area contributed by atoms with Crippen LogP contribution in [0.1, 0.15) is 44.1 Å². The Hall–Kier alpha value is -1.50. The van der Waals surface area contributed by atoms with E-state index < -0.39 is 0 Å². The quantitative estimate of drug-likeness (QED) is 0.805. The second-order valence-corrected chi connectivity index (χ2v) is 6.95. The molecule has 5 rings (SSSR count). The first-order valence-electron chi connectivity index (χ1n) is 7.95. The van der Waals surface area contributed by atoms with E-state index in [1.807, 2.05) is 18.2 Å². The van der Waals surface area contributed by atoms with Crippen LogP contribution in [0.5, 0.6) is 5.75 Å². The second kappa shape index (κ2) is 4.51. The molecule has 1 heteroatoms. The topological polar surface area (TPSA) is 20.2 Å². The van der Waals surface area contributed by atoms with E-state index in [4.69, 9.17) is 0 Å². The highest BCUT2D eigenvalue weighted by atomic mass is 16.3. The Balaban J connectivity index is 1.70. The Morgan fingerprint density at radius 3 is 2.40 bits per heavy atom. The average molecular weight is 266 g/mol. The van der Waals surface area contributed by atoms with Crippen LogP contribution in [0.4, 0.5) is 0 Å². The number of aromatic hydroxyl groups is 1. The summed E-state index contributed by atoms with van der Waals surface area (Å²) in [6, 6.07) is 12.5. The number of rotatable bonds is 2. The number of hydrogen-bond donors (Lipinski definition) is 1. The molecule has 3 aliphatic carbocycles. The molecule has 0 radical (unpaired) electrons. The van der Waals surface area contributed by atoms with Crippen LogP contribution in [0.15, 0.2) is 36.4 Å². The fourth-order valence-electron chi connectivity index (χ4n) is 4.45. The standard InChI is InChI=1S/C19H22O/c20-18-16(6-5-15-3-1-2-4-17(15)18)13-19-10-7-14(8-11-19)9-12-19/h1-6,14,20H,7-13H2. The average Bonchev–Trinajstić information content (AvgIpc) is 2.52. The fraction of sp³-hybridized carbons (Fsp3) is 0.474. The predicted molar refractivity (Wildman–Crippen MR) is 82.9 cm³/mol. The Morgan fingerprint density at radius 2 is 1.65 bits per heavy atom. The summed E-state index contributed by atoms with van der Waals surface area (Å²) in [5.74, 6) is 1.52. The first kappa shape index (κ1) is 12.3. The molecule has 0 aromatic heterocycles. The molecule has 0 amide bonds. The number of benzene rings is 2. The third kappa shape index (κ3) is 1.91. The molecule has 0 atom stereocenters. The first-order valence-corrected chi connectivity index (χ1v) is 7.95. The van der Waals surface area contributed by atoms with Gasteiger partial charge in [0.1, 0.15) is 5.75 Å². The summed E-state index contributed by atoms with van der Waals surface area (Å²) >= 11 is 0. The van der Waals surface area contributed by atoms with Crippen LogP contribution in [0.3, 0.4) is 0 Å². The van der Waals surface area contributed by atoms with Crippen molar-refractivity contribution >= 4 is 10.8 Å². The molecule has 1 nitrogen and oxygen atoms in total. The first-order chi connectivity index (χ1) is 9.76. The third-order valence-corrected chi connectivity index (χ3v) is 5.80. The summed E-state index contributed by atoms with van der Waals surface area (Å²) in [7, 11) is 0. The molecule has 0 heterocycles. The summed E-state index contributed by atoms with van der Waals surface area (Å²) < 4.78 is 0.